The molecular formula is C24H16F2N4O2. The van der Waals surface area contributed by atoms with Crippen molar-refractivity contribution in [2.75, 3.05) is 0 Å². The van der Waals surface area contributed by atoms with E-state index in [0.717, 1.165) is 22.8 Å². The molecule has 8 heteroatoms. The number of rotatable bonds is 3. The first-order chi connectivity index (χ1) is 15.4. The number of aryl methyl sites for hydroxylation is 1. The van der Waals surface area contributed by atoms with Gasteiger partial charge in [-0.15, -0.1) is 0 Å². The number of aromatic amines is 3. The number of aromatic nitrogens is 4. The van der Waals surface area contributed by atoms with Crippen molar-refractivity contribution in [2.45, 2.75) is 6.92 Å². The Morgan fingerprint density at radius 3 is 2.03 bits per heavy atom. The molecule has 0 amide bonds. The van der Waals surface area contributed by atoms with E-state index in [1.54, 1.807) is 37.3 Å². The normalized spacial score (nSPS) is 11.2. The van der Waals surface area contributed by atoms with E-state index in [0.29, 0.717) is 16.8 Å². The minimum Gasteiger partial charge on any atom is -0.306 e. The Morgan fingerprint density at radius 1 is 0.781 bits per heavy atom. The summed E-state index contributed by atoms with van der Waals surface area (Å²) in [4.78, 5) is 28.2. The predicted octanol–water partition coefficient (Wildman–Crippen LogP) is 4.53. The first-order valence-electron chi connectivity index (χ1n) is 9.78. The van der Waals surface area contributed by atoms with Gasteiger partial charge >= 0.3 is 5.69 Å². The molecule has 5 rings (SSSR count). The maximum absolute atomic E-state index is 14.9. The number of halogens is 2. The number of benzene rings is 3. The maximum Gasteiger partial charge on any atom is 0.323 e. The standard InChI is InChI=1S/C24H16F2N4O2/c1-12-10-17(23(31)30-29-12)15-6-2-13(3-7-15)14-4-8-16(9-5-14)20-18(25)11-19-22(21(20)26)28-24(32)27-19/h2-11H,1H3,(H,30,31)(H2,27,28,32). The fourth-order valence-electron chi connectivity index (χ4n) is 3.76. The molecule has 3 aromatic carbocycles. The minimum atomic E-state index is -0.826. The van der Waals surface area contributed by atoms with Crippen molar-refractivity contribution in [1.82, 2.24) is 20.2 Å². The van der Waals surface area contributed by atoms with Gasteiger partial charge in [-0.1, -0.05) is 48.5 Å². The number of imidazole rings is 1. The Hall–Kier alpha value is -4.33. The first kappa shape index (κ1) is 19.6. The third-order valence-electron chi connectivity index (χ3n) is 5.34. The number of nitrogens with one attached hydrogen (secondary N) is 3. The van der Waals surface area contributed by atoms with Crippen LogP contribution in [0.3, 0.4) is 0 Å². The number of hydrogen-bond acceptors (Lipinski definition) is 3. The maximum atomic E-state index is 14.9. The molecule has 0 aliphatic heterocycles. The molecule has 158 valence electrons. The van der Waals surface area contributed by atoms with Gasteiger partial charge in [0.15, 0.2) is 5.82 Å². The summed E-state index contributed by atoms with van der Waals surface area (Å²) in [6.07, 6.45) is 0. The molecule has 0 saturated carbocycles. The molecule has 0 aliphatic rings. The smallest absolute Gasteiger partial charge is 0.306 e. The number of nitrogens with zero attached hydrogens (tertiary/aromatic N) is 1. The zero-order valence-corrected chi connectivity index (χ0v) is 16.8. The van der Waals surface area contributed by atoms with E-state index in [-0.39, 0.29) is 22.2 Å². The van der Waals surface area contributed by atoms with Gasteiger partial charge in [0, 0.05) is 6.07 Å². The lowest BCUT2D eigenvalue weighted by Crippen LogP contribution is -2.11. The lowest BCUT2D eigenvalue weighted by Gasteiger charge is -2.09. The van der Waals surface area contributed by atoms with Crippen LogP contribution in [0.4, 0.5) is 8.78 Å². The molecule has 0 aliphatic carbocycles. The van der Waals surface area contributed by atoms with Gasteiger partial charge in [0.2, 0.25) is 0 Å². The molecule has 2 aromatic heterocycles. The minimum absolute atomic E-state index is 0.0626. The van der Waals surface area contributed by atoms with Crippen LogP contribution in [0.25, 0.3) is 44.4 Å². The predicted molar refractivity (Wildman–Crippen MR) is 118 cm³/mol. The molecule has 5 aromatic rings. The van der Waals surface area contributed by atoms with E-state index in [1.807, 2.05) is 24.3 Å². The molecule has 6 nitrogen and oxygen atoms in total. The lowest BCUT2D eigenvalue weighted by atomic mass is 9.97. The van der Waals surface area contributed by atoms with Crippen LogP contribution in [-0.4, -0.2) is 20.2 Å². The second kappa shape index (κ2) is 7.42. The summed E-state index contributed by atoms with van der Waals surface area (Å²) in [5.74, 6) is -1.59. The monoisotopic (exact) mass is 430 g/mol. The fourth-order valence-corrected chi connectivity index (χ4v) is 3.76. The molecule has 0 radical (unpaired) electrons. The molecular weight excluding hydrogens is 414 g/mol. The fraction of sp³-hybridized carbons (Fsp3) is 0.0417. The van der Waals surface area contributed by atoms with Gasteiger partial charge in [-0.3, -0.25) is 4.79 Å². The Labute approximate surface area is 179 Å². The van der Waals surface area contributed by atoms with Crippen LogP contribution in [0.15, 0.2) is 70.3 Å². The van der Waals surface area contributed by atoms with E-state index < -0.39 is 17.3 Å². The summed E-state index contributed by atoms with van der Waals surface area (Å²) < 4.78 is 29.4. The summed E-state index contributed by atoms with van der Waals surface area (Å²) in [5.41, 5.74) is 3.02. The number of fused-ring (bicyclic) bond motifs is 1. The summed E-state index contributed by atoms with van der Waals surface area (Å²) in [6, 6.07) is 17.0. The van der Waals surface area contributed by atoms with Crippen LogP contribution in [0.1, 0.15) is 5.69 Å². The van der Waals surface area contributed by atoms with Crippen LogP contribution in [0, 0.1) is 18.6 Å². The number of hydrogen-bond donors (Lipinski definition) is 3. The van der Waals surface area contributed by atoms with Gasteiger partial charge in [0.25, 0.3) is 5.56 Å². The molecule has 2 heterocycles. The summed E-state index contributed by atoms with van der Waals surface area (Å²) in [6.45, 7) is 1.80. The Balaban J connectivity index is 1.49. The average molecular weight is 430 g/mol. The summed E-state index contributed by atoms with van der Waals surface area (Å²) >= 11 is 0. The number of H-pyrrole nitrogens is 3. The van der Waals surface area contributed by atoms with E-state index in [1.165, 1.54) is 0 Å². The zero-order chi connectivity index (χ0) is 22.4. The van der Waals surface area contributed by atoms with Crippen molar-refractivity contribution >= 4 is 11.0 Å². The lowest BCUT2D eigenvalue weighted by molar-refractivity contribution is 0.597. The van der Waals surface area contributed by atoms with Gasteiger partial charge < -0.3 is 9.97 Å². The van der Waals surface area contributed by atoms with Crippen molar-refractivity contribution in [1.29, 1.82) is 0 Å². The Kier molecular flexibility index (Phi) is 4.55. The van der Waals surface area contributed by atoms with E-state index in [9.17, 15) is 18.4 Å². The van der Waals surface area contributed by atoms with Crippen LogP contribution < -0.4 is 11.2 Å². The molecule has 0 atom stereocenters. The van der Waals surface area contributed by atoms with Gasteiger partial charge in [0.1, 0.15) is 11.3 Å². The van der Waals surface area contributed by atoms with Crippen molar-refractivity contribution in [3.63, 3.8) is 0 Å². The third-order valence-corrected chi connectivity index (χ3v) is 5.34. The molecule has 0 unspecified atom stereocenters. The van der Waals surface area contributed by atoms with Gasteiger partial charge in [-0.2, -0.15) is 5.10 Å². The Morgan fingerprint density at radius 2 is 1.38 bits per heavy atom. The second-order valence-electron chi connectivity index (χ2n) is 7.46. The highest BCUT2D eigenvalue weighted by atomic mass is 19.1. The van der Waals surface area contributed by atoms with Gasteiger partial charge in [-0.25, -0.2) is 18.7 Å². The second-order valence-corrected chi connectivity index (χ2v) is 7.46. The van der Waals surface area contributed by atoms with E-state index >= 15 is 0 Å². The van der Waals surface area contributed by atoms with Crippen molar-refractivity contribution < 1.29 is 8.78 Å². The van der Waals surface area contributed by atoms with Crippen LogP contribution in [0.5, 0.6) is 0 Å². The zero-order valence-electron chi connectivity index (χ0n) is 16.8. The molecule has 32 heavy (non-hydrogen) atoms. The molecule has 0 spiro atoms. The van der Waals surface area contributed by atoms with Crippen molar-refractivity contribution in [2.24, 2.45) is 0 Å². The topological polar surface area (TPSA) is 94.4 Å². The highest BCUT2D eigenvalue weighted by Gasteiger charge is 2.17. The van der Waals surface area contributed by atoms with Crippen molar-refractivity contribution in [3.05, 3.63) is 98.8 Å². The van der Waals surface area contributed by atoms with Crippen LogP contribution in [0.2, 0.25) is 0 Å². The molecule has 3 N–H and O–H groups in total. The summed E-state index contributed by atoms with van der Waals surface area (Å²) in [7, 11) is 0. The molecule has 0 saturated heterocycles. The van der Waals surface area contributed by atoms with Crippen LogP contribution in [-0.2, 0) is 0 Å². The SMILES string of the molecule is Cc1cc(-c2ccc(-c3ccc(-c4c(F)cc5[nH]c(=O)[nH]c5c4F)cc3)cc2)c(=O)[nH]n1. The third kappa shape index (κ3) is 3.31. The quantitative estimate of drug-likeness (QED) is 0.393. The van der Waals surface area contributed by atoms with Crippen molar-refractivity contribution in [3.8, 4) is 33.4 Å². The largest absolute Gasteiger partial charge is 0.323 e. The highest BCUT2D eigenvalue weighted by Crippen LogP contribution is 2.32. The van der Waals surface area contributed by atoms with E-state index in [2.05, 4.69) is 20.2 Å². The van der Waals surface area contributed by atoms with Gasteiger partial charge in [0.05, 0.1) is 22.3 Å². The summed E-state index contributed by atoms with van der Waals surface area (Å²) in [5, 5.41) is 6.35. The van der Waals surface area contributed by atoms with Gasteiger partial charge in [-0.05, 0) is 35.2 Å². The molecule has 0 bridgehead atoms. The molecule has 0 fully saturated rings. The highest BCUT2D eigenvalue weighted by molar-refractivity contribution is 5.83. The van der Waals surface area contributed by atoms with Crippen LogP contribution >= 0.6 is 0 Å². The Bertz CT molecular complexity index is 1580. The van der Waals surface area contributed by atoms with E-state index in [4.69, 9.17) is 0 Å². The average Bonchev–Trinajstić information content (AvgIpc) is 3.16. The first-order valence-corrected chi connectivity index (χ1v) is 9.78.